The van der Waals surface area contributed by atoms with Crippen LogP contribution in [0.5, 0.6) is 11.5 Å². The fourth-order valence-electron chi connectivity index (χ4n) is 2.84. The fraction of sp³-hybridized carbons (Fsp3) is 0.158. The Kier molecular flexibility index (Phi) is 5.05. The van der Waals surface area contributed by atoms with E-state index in [-0.39, 0.29) is 10.6 Å². The molecular weight excluding hydrogens is 350 g/mol. The maximum Gasteiger partial charge on any atom is 0.266 e. The average Bonchev–Trinajstić information content (AvgIpc) is 2.68. The summed E-state index contributed by atoms with van der Waals surface area (Å²) in [5, 5.41) is 12.5. The van der Waals surface area contributed by atoms with Crippen LogP contribution in [0, 0.1) is 11.3 Å². The molecule has 26 heavy (non-hydrogen) atoms. The third kappa shape index (κ3) is 3.07. The van der Waals surface area contributed by atoms with Crippen molar-refractivity contribution in [2.45, 2.75) is 6.17 Å². The first-order chi connectivity index (χ1) is 12.6. The molecule has 2 aromatic carbocycles. The Morgan fingerprint density at radius 1 is 1.15 bits per heavy atom. The molecule has 7 heteroatoms. The number of carbonyl (C=O) groups excluding carboxylic acids is 1. The Labute approximate surface area is 157 Å². The number of carbonyl (C=O) groups is 1. The molecule has 0 bridgehead atoms. The number of nitriles is 1. The molecule has 0 aliphatic carbocycles. The van der Waals surface area contributed by atoms with Gasteiger partial charge in [-0.3, -0.25) is 4.79 Å². The molecular formula is C19H17N3O3S. The van der Waals surface area contributed by atoms with Gasteiger partial charge in [-0.05, 0) is 30.3 Å². The van der Waals surface area contributed by atoms with Gasteiger partial charge in [0.15, 0.2) is 0 Å². The lowest BCUT2D eigenvalue weighted by Crippen LogP contribution is -2.46. The summed E-state index contributed by atoms with van der Waals surface area (Å²) >= 11 is 4.47. The Balaban J connectivity index is 2.21. The van der Waals surface area contributed by atoms with Crippen LogP contribution in [0.15, 0.2) is 59.1 Å². The number of amides is 1. The highest BCUT2D eigenvalue weighted by Crippen LogP contribution is 2.39. The lowest BCUT2D eigenvalue weighted by atomic mass is 10.1. The Morgan fingerprint density at radius 2 is 1.88 bits per heavy atom. The fourth-order valence-corrected chi connectivity index (χ4v) is 3.22. The molecule has 6 nitrogen and oxygen atoms in total. The number of para-hydroxylation sites is 1. The molecule has 0 aromatic heterocycles. The van der Waals surface area contributed by atoms with Gasteiger partial charge in [-0.1, -0.05) is 18.2 Å². The third-order valence-corrected chi connectivity index (χ3v) is 4.52. The molecule has 2 aromatic rings. The van der Waals surface area contributed by atoms with Crippen molar-refractivity contribution in [3.63, 3.8) is 0 Å². The Hall–Kier alpha value is -3.11. The zero-order chi connectivity index (χ0) is 18.7. The van der Waals surface area contributed by atoms with Crippen LogP contribution in [-0.4, -0.2) is 20.1 Å². The first-order valence-corrected chi connectivity index (χ1v) is 8.25. The van der Waals surface area contributed by atoms with Gasteiger partial charge < -0.3 is 19.7 Å². The van der Waals surface area contributed by atoms with Crippen molar-refractivity contribution in [3.05, 3.63) is 64.7 Å². The molecule has 3 rings (SSSR count). The van der Waals surface area contributed by atoms with Gasteiger partial charge >= 0.3 is 0 Å². The van der Waals surface area contributed by atoms with Crippen LogP contribution in [0.1, 0.15) is 11.7 Å². The van der Waals surface area contributed by atoms with Gasteiger partial charge in [0.05, 0.1) is 19.2 Å². The molecule has 0 radical (unpaired) electrons. The summed E-state index contributed by atoms with van der Waals surface area (Å²) in [5.74, 6) is 0.719. The third-order valence-electron chi connectivity index (χ3n) is 4.08. The van der Waals surface area contributed by atoms with E-state index in [1.165, 1.54) is 0 Å². The molecule has 0 saturated carbocycles. The average molecular weight is 367 g/mol. The maximum atomic E-state index is 12.4. The van der Waals surface area contributed by atoms with Gasteiger partial charge in [-0.2, -0.15) is 5.26 Å². The van der Waals surface area contributed by atoms with E-state index in [1.54, 1.807) is 37.3 Å². The van der Waals surface area contributed by atoms with Gasteiger partial charge in [-0.25, -0.2) is 0 Å². The van der Waals surface area contributed by atoms with Crippen LogP contribution >= 0.6 is 12.6 Å². The van der Waals surface area contributed by atoms with Crippen molar-refractivity contribution in [1.29, 1.82) is 5.26 Å². The Bertz CT molecular complexity index is 906. The number of hydrogen-bond donors (Lipinski definition) is 2. The van der Waals surface area contributed by atoms with E-state index in [2.05, 4.69) is 17.9 Å². The summed E-state index contributed by atoms with van der Waals surface area (Å²) in [4.78, 5) is 14.2. The molecule has 0 saturated heterocycles. The highest BCUT2D eigenvalue weighted by Gasteiger charge is 2.35. The lowest BCUT2D eigenvalue weighted by molar-refractivity contribution is -0.118. The van der Waals surface area contributed by atoms with Gasteiger partial charge in [0, 0.05) is 11.3 Å². The molecule has 1 aliphatic heterocycles. The summed E-state index contributed by atoms with van der Waals surface area (Å²) in [6.45, 7) is 0. The number of anilines is 1. The van der Waals surface area contributed by atoms with Crippen molar-refractivity contribution in [2.24, 2.45) is 0 Å². The molecule has 0 fully saturated rings. The van der Waals surface area contributed by atoms with Crippen molar-refractivity contribution in [3.8, 4) is 17.6 Å². The molecule has 1 amide bonds. The van der Waals surface area contributed by atoms with Crippen LogP contribution in [0.25, 0.3) is 0 Å². The van der Waals surface area contributed by atoms with E-state index in [0.29, 0.717) is 17.1 Å². The topological polar surface area (TPSA) is 74.6 Å². The summed E-state index contributed by atoms with van der Waals surface area (Å²) in [7, 11) is 3.12. The SMILES string of the molecule is COc1ccc(OC)c(C2NC(=O)C(C#N)=C(S)N2c2ccccc2)c1. The number of thiol groups is 1. The predicted molar refractivity (Wildman–Crippen MR) is 101 cm³/mol. The zero-order valence-electron chi connectivity index (χ0n) is 14.3. The Morgan fingerprint density at radius 3 is 2.50 bits per heavy atom. The molecule has 1 unspecified atom stereocenters. The minimum absolute atomic E-state index is 0.0460. The van der Waals surface area contributed by atoms with E-state index in [4.69, 9.17) is 9.47 Å². The first-order valence-electron chi connectivity index (χ1n) is 7.81. The number of hydrogen-bond acceptors (Lipinski definition) is 6. The number of methoxy groups -OCH3 is 2. The summed E-state index contributed by atoms with van der Waals surface area (Å²) in [6, 6.07) is 16.6. The highest BCUT2D eigenvalue weighted by molar-refractivity contribution is 7.84. The van der Waals surface area contributed by atoms with E-state index in [1.807, 2.05) is 36.4 Å². The van der Waals surface area contributed by atoms with Crippen LogP contribution in [0.4, 0.5) is 5.69 Å². The van der Waals surface area contributed by atoms with Gasteiger partial charge in [0.2, 0.25) is 0 Å². The smallest absolute Gasteiger partial charge is 0.266 e. The first kappa shape index (κ1) is 17.7. The van der Waals surface area contributed by atoms with E-state index < -0.39 is 12.1 Å². The highest BCUT2D eigenvalue weighted by atomic mass is 32.1. The van der Waals surface area contributed by atoms with Crippen molar-refractivity contribution in [2.75, 3.05) is 19.1 Å². The van der Waals surface area contributed by atoms with E-state index >= 15 is 0 Å². The molecule has 132 valence electrons. The number of nitrogens with one attached hydrogen (secondary N) is 1. The summed E-state index contributed by atoms with van der Waals surface area (Å²) < 4.78 is 10.8. The van der Waals surface area contributed by atoms with Crippen LogP contribution in [-0.2, 0) is 4.79 Å². The molecule has 0 spiro atoms. The van der Waals surface area contributed by atoms with Crippen molar-refractivity contribution < 1.29 is 14.3 Å². The predicted octanol–water partition coefficient (Wildman–Crippen LogP) is 3.00. The standard InChI is InChI=1S/C19H17N3O3S/c1-24-13-8-9-16(25-2)14(10-13)17-21-18(23)15(11-20)19(26)22(17)12-6-4-3-5-7-12/h3-10,17,26H,1-2H3,(H,21,23). The molecule has 1 heterocycles. The quantitative estimate of drug-likeness (QED) is 0.813. The zero-order valence-corrected chi connectivity index (χ0v) is 15.2. The van der Waals surface area contributed by atoms with E-state index in [0.717, 1.165) is 5.69 Å². The van der Waals surface area contributed by atoms with E-state index in [9.17, 15) is 10.1 Å². The second kappa shape index (κ2) is 7.42. The summed E-state index contributed by atoms with van der Waals surface area (Å²) in [6.07, 6.45) is -0.612. The van der Waals surface area contributed by atoms with Crippen molar-refractivity contribution in [1.82, 2.24) is 5.32 Å². The molecule has 1 atom stereocenters. The number of ether oxygens (including phenoxy) is 2. The number of nitrogens with zero attached hydrogens (tertiary/aromatic N) is 2. The van der Waals surface area contributed by atoms with Gasteiger partial charge in [0.25, 0.3) is 5.91 Å². The summed E-state index contributed by atoms with van der Waals surface area (Å²) in [5.41, 5.74) is 1.42. The van der Waals surface area contributed by atoms with Crippen LogP contribution in [0.3, 0.4) is 0 Å². The minimum Gasteiger partial charge on any atom is -0.497 e. The lowest BCUT2D eigenvalue weighted by Gasteiger charge is -2.38. The van der Waals surface area contributed by atoms with Crippen LogP contribution in [0.2, 0.25) is 0 Å². The van der Waals surface area contributed by atoms with Crippen LogP contribution < -0.4 is 19.7 Å². The monoisotopic (exact) mass is 367 g/mol. The minimum atomic E-state index is -0.612. The normalized spacial score (nSPS) is 16.8. The second-order valence-electron chi connectivity index (χ2n) is 5.50. The largest absolute Gasteiger partial charge is 0.497 e. The number of benzene rings is 2. The van der Waals surface area contributed by atoms with Gasteiger partial charge in [0.1, 0.15) is 29.3 Å². The molecule has 1 aliphatic rings. The van der Waals surface area contributed by atoms with Crippen molar-refractivity contribution >= 4 is 24.2 Å². The number of rotatable bonds is 4. The second-order valence-corrected chi connectivity index (χ2v) is 5.92. The maximum absolute atomic E-state index is 12.4. The molecule has 1 N–H and O–H groups in total. The van der Waals surface area contributed by atoms with Gasteiger partial charge in [-0.15, -0.1) is 12.6 Å².